The molecular weight excluding hydrogens is 1820 g/mol. The Bertz CT molecular complexity index is 3730. The second kappa shape index (κ2) is 79.2. The molecule has 4 fully saturated rings. The Labute approximate surface area is 902 Å². The summed E-state index contributed by atoms with van der Waals surface area (Å²) in [7, 11) is 0. The molecule has 13 unspecified atom stereocenters. The summed E-state index contributed by atoms with van der Waals surface area (Å²) in [5.74, 6) is 7.65. The van der Waals surface area contributed by atoms with Gasteiger partial charge < -0.3 is 9.80 Å². The molecule has 0 bridgehead atoms. The molecule has 0 aromatic rings. The Balaban J connectivity index is 0.830. The molecule has 0 aromatic heterocycles. The van der Waals surface area contributed by atoms with Crippen LogP contribution in [0.5, 0.6) is 0 Å². The molecule has 3 saturated carbocycles. The van der Waals surface area contributed by atoms with Gasteiger partial charge in [0, 0.05) is 80.8 Å². The van der Waals surface area contributed by atoms with Gasteiger partial charge in [0.25, 0.3) is 47.3 Å². The quantitative estimate of drug-likeness (QED) is 0.0322. The van der Waals surface area contributed by atoms with E-state index in [1.54, 1.807) is 23.6 Å². The third kappa shape index (κ3) is 48.8. The largest absolute Gasteiger partial charge is 0.326 e. The van der Waals surface area contributed by atoms with Crippen LogP contribution >= 0.6 is 0 Å². The van der Waals surface area contributed by atoms with Crippen LogP contribution in [-0.4, -0.2) is 134 Å². The summed E-state index contributed by atoms with van der Waals surface area (Å²) in [6, 6.07) is -0.755. The van der Waals surface area contributed by atoms with E-state index in [9.17, 15) is 47.9 Å². The second-order valence-electron chi connectivity index (χ2n) is 48.4. The summed E-state index contributed by atoms with van der Waals surface area (Å²) in [4.78, 5) is 141. The van der Waals surface area contributed by atoms with Crippen molar-refractivity contribution in [1.82, 2.24) is 29.4 Å². The monoisotopic (exact) mass is 2040 g/mol. The molecule has 0 spiro atoms. The average molecular weight is 2050 g/mol. The fourth-order valence-electron chi connectivity index (χ4n) is 28.1. The molecular formula is C131H226N6O10. The first-order valence-corrected chi connectivity index (χ1v) is 64.2. The van der Waals surface area contributed by atoms with E-state index in [0.29, 0.717) is 50.4 Å². The van der Waals surface area contributed by atoms with Gasteiger partial charge in [0.1, 0.15) is 11.7 Å². The van der Waals surface area contributed by atoms with Crippen molar-refractivity contribution in [1.29, 1.82) is 0 Å². The standard InChI is InChI=1S/C131H226N6O10/c1-11-17-23-29-46-64-82-114-108(76-58-26-20-14-4)88-91-111(79-61-43-32-37-52-70-98-132(128(144)106(7)8)120-104-126(142)136(130(120)146)102-74-56-41-36-51-69-87-119-113(81-63-45-42-57-73-101-135-124(140)96-97-125(135)141)93-90-110(78-60-28-22-16-6)116(119)84-66-48-31-25-19-13-3)117(114)85-67-49-34-39-53-71-99-133(129(145)107(9)10)121-105-127(143)137(131(121)147)103-75-55-40-35-50-68-86-118-112(80-62-44-33-38-54-72-100-134-122(138)94-95-123(134)139)92-89-109(77-59-27-21-15-5)115(118)83-65-47-30-24-18-12-2/h94-97,105,108-120H,7,9,11-93,98-104H2,1-6,8,10H3. The number of imide groups is 4. The Hall–Kier alpha value is -5.80. The van der Waals surface area contributed by atoms with Gasteiger partial charge in [-0.1, -0.05) is 472 Å². The molecule has 10 amide bonds. The lowest BCUT2D eigenvalue weighted by Crippen LogP contribution is -2.46. The molecule has 147 heavy (non-hydrogen) atoms. The summed E-state index contributed by atoms with van der Waals surface area (Å²) < 4.78 is 0. The second-order valence-corrected chi connectivity index (χ2v) is 48.4. The van der Waals surface area contributed by atoms with Crippen LogP contribution in [0.15, 0.2) is 60.4 Å². The van der Waals surface area contributed by atoms with Gasteiger partial charge in [-0.15, -0.1) is 0 Å². The summed E-state index contributed by atoms with van der Waals surface area (Å²) in [5, 5.41) is 0. The maximum absolute atomic E-state index is 14.3. The van der Waals surface area contributed by atoms with E-state index in [2.05, 4.69) is 54.7 Å². The summed E-state index contributed by atoms with van der Waals surface area (Å²) in [5.41, 5.74) is 0.997. The normalized spacial score (nSPS) is 22.3. The third-order valence-electron chi connectivity index (χ3n) is 36.8. The van der Waals surface area contributed by atoms with Gasteiger partial charge >= 0.3 is 0 Å². The lowest BCUT2D eigenvalue weighted by atomic mass is 9.61. The highest BCUT2D eigenvalue weighted by Crippen LogP contribution is 2.52. The first kappa shape index (κ1) is 128. The molecule has 0 aromatic carbocycles. The van der Waals surface area contributed by atoms with Crippen LogP contribution in [0.1, 0.15) is 595 Å². The zero-order valence-corrected chi connectivity index (χ0v) is 96.7. The topological polar surface area (TPSA) is 190 Å². The minimum Gasteiger partial charge on any atom is -0.326 e. The van der Waals surface area contributed by atoms with Crippen LogP contribution in [0, 0.1) is 71.0 Å². The van der Waals surface area contributed by atoms with E-state index in [4.69, 9.17) is 0 Å². The lowest BCUT2D eigenvalue weighted by molar-refractivity contribution is -0.143. The minimum absolute atomic E-state index is 0.0616. The molecule has 7 aliphatic rings. The van der Waals surface area contributed by atoms with Crippen molar-refractivity contribution in [2.75, 3.05) is 39.3 Å². The fourth-order valence-corrected chi connectivity index (χ4v) is 28.1. The smallest absolute Gasteiger partial charge is 0.277 e. The number of likely N-dealkylation sites (tertiary alicyclic amines) is 1. The van der Waals surface area contributed by atoms with Gasteiger partial charge in [-0.2, -0.15) is 0 Å². The molecule has 1 saturated heterocycles. The van der Waals surface area contributed by atoms with Crippen LogP contribution in [0.25, 0.3) is 0 Å². The maximum Gasteiger partial charge on any atom is 0.277 e. The van der Waals surface area contributed by atoms with Crippen LogP contribution < -0.4 is 0 Å². The average Bonchev–Trinajstić information content (AvgIpc) is 1.70. The predicted molar refractivity (Wildman–Crippen MR) is 614 cm³/mol. The molecule has 13 atom stereocenters. The van der Waals surface area contributed by atoms with Crippen molar-refractivity contribution in [3.8, 4) is 0 Å². The number of unbranched alkanes of at least 4 members (excludes halogenated alkanes) is 53. The molecule has 16 nitrogen and oxygen atoms in total. The summed E-state index contributed by atoms with van der Waals surface area (Å²) in [6.07, 6.45) is 111. The van der Waals surface area contributed by atoms with Gasteiger partial charge in [-0.05, 0) is 200 Å². The predicted octanol–water partition coefficient (Wildman–Crippen LogP) is 35.0. The molecule has 16 heteroatoms. The van der Waals surface area contributed by atoms with Gasteiger partial charge in [0.05, 0.1) is 6.42 Å². The molecule has 0 radical (unpaired) electrons. The van der Waals surface area contributed by atoms with Gasteiger partial charge in [-0.25, -0.2) is 0 Å². The SMILES string of the molecule is C=C(C)C(=O)N(CCCCCCCCC1C(CCCCCCCCN(C(=O)C(=C)C)C2CC(=O)N(CCCCCCCCC3C(CCCCCCCN4C(=O)C=CC4=O)CCC(CCCCCC)C3CCCCCCCC)C2=O)CCC(CCCCCC)C1CCCCCCCC)C1=CC(=O)N(CCCCCCCCC2C(CCCCCCCCN3C(=O)C=CC3=O)CCC(CCCCCC)C2CCCCCCCC)C1=O. The number of carbonyl (C=O) groups excluding carboxylic acids is 10. The Morgan fingerprint density at radius 3 is 0.741 bits per heavy atom. The van der Waals surface area contributed by atoms with Crippen LogP contribution in [0.4, 0.5) is 0 Å². The van der Waals surface area contributed by atoms with Crippen molar-refractivity contribution >= 4 is 59.1 Å². The van der Waals surface area contributed by atoms with Gasteiger partial charge in [0.15, 0.2) is 0 Å². The summed E-state index contributed by atoms with van der Waals surface area (Å²) >= 11 is 0. The van der Waals surface area contributed by atoms with E-state index in [0.717, 1.165) is 199 Å². The van der Waals surface area contributed by atoms with Crippen LogP contribution in [0.2, 0.25) is 0 Å². The van der Waals surface area contributed by atoms with E-state index >= 15 is 0 Å². The molecule has 3 aliphatic carbocycles. The first-order chi connectivity index (χ1) is 71.7. The van der Waals surface area contributed by atoms with Crippen molar-refractivity contribution in [2.45, 2.75) is 601 Å². The van der Waals surface area contributed by atoms with Gasteiger partial charge in [0.2, 0.25) is 11.8 Å². The van der Waals surface area contributed by atoms with E-state index < -0.39 is 6.04 Å². The molecule has 840 valence electrons. The highest BCUT2D eigenvalue weighted by molar-refractivity contribution is 6.18. The number of amides is 10. The molecule has 4 aliphatic heterocycles. The Morgan fingerprint density at radius 2 is 0.476 bits per heavy atom. The minimum atomic E-state index is -0.755. The lowest BCUT2D eigenvalue weighted by Gasteiger charge is -2.44. The van der Waals surface area contributed by atoms with Crippen molar-refractivity contribution in [3.05, 3.63) is 60.4 Å². The van der Waals surface area contributed by atoms with Gasteiger partial charge in [-0.3, -0.25) is 67.5 Å². The van der Waals surface area contributed by atoms with Crippen LogP contribution in [0.3, 0.4) is 0 Å². The Morgan fingerprint density at radius 1 is 0.259 bits per heavy atom. The van der Waals surface area contributed by atoms with Crippen molar-refractivity contribution in [3.63, 3.8) is 0 Å². The molecule has 7 rings (SSSR count). The zero-order valence-electron chi connectivity index (χ0n) is 96.7. The maximum atomic E-state index is 14.3. The molecule has 4 heterocycles. The number of carbonyl (C=O) groups is 10. The highest BCUT2D eigenvalue weighted by atomic mass is 16.2. The molecule has 0 N–H and O–H groups in total. The van der Waals surface area contributed by atoms with E-state index in [1.165, 1.54) is 454 Å². The van der Waals surface area contributed by atoms with Crippen LogP contribution in [-0.2, 0) is 47.9 Å². The third-order valence-corrected chi connectivity index (χ3v) is 36.8. The Kier molecular flexibility index (Phi) is 69.0. The highest BCUT2D eigenvalue weighted by Gasteiger charge is 2.46. The zero-order chi connectivity index (χ0) is 106. The number of hydrogen-bond acceptors (Lipinski definition) is 10. The van der Waals surface area contributed by atoms with Crippen molar-refractivity contribution < 1.29 is 47.9 Å². The summed E-state index contributed by atoms with van der Waals surface area (Å²) in [6.45, 7) is 28.2. The number of hydrogen-bond donors (Lipinski definition) is 0. The van der Waals surface area contributed by atoms with Crippen molar-refractivity contribution in [2.24, 2.45) is 71.0 Å². The number of rotatable bonds is 93. The van der Waals surface area contributed by atoms with E-state index in [1.807, 2.05) is 0 Å². The van der Waals surface area contributed by atoms with E-state index in [-0.39, 0.29) is 71.2 Å². The first-order valence-electron chi connectivity index (χ1n) is 64.2. The number of nitrogens with zero attached hydrogens (tertiary/aromatic N) is 6. The fraction of sp³-hybridized carbons (Fsp3) is 0.847.